The molecule has 0 atom stereocenters. The molecule has 0 saturated heterocycles. The van der Waals surface area contributed by atoms with Crippen molar-refractivity contribution in [2.24, 2.45) is 0 Å². The Bertz CT molecular complexity index is 1100. The minimum Gasteiger partial charge on any atom is -0.490 e. The number of nitrogens with zero attached hydrogens (tertiary/aromatic N) is 1. The van der Waals surface area contributed by atoms with Gasteiger partial charge in [-0.25, -0.2) is 8.42 Å². The van der Waals surface area contributed by atoms with Crippen LogP contribution in [-0.2, 0) is 22.1 Å². The third-order valence-electron chi connectivity index (χ3n) is 4.45. The largest absolute Gasteiger partial charge is 0.490 e. The van der Waals surface area contributed by atoms with Crippen molar-refractivity contribution < 1.29 is 22.4 Å². The smallest absolute Gasteiger partial charge is 0.289 e. The third-order valence-corrected chi connectivity index (χ3v) is 6.13. The summed E-state index contributed by atoms with van der Waals surface area (Å²) in [7, 11) is -1.95. The Morgan fingerprint density at radius 1 is 1.10 bits per heavy atom. The van der Waals surface area contributed by atoms with Crippen LogP contribution in [-0.4, -0.2) is 32.9 Å². The number of sulfone groups is 1. The average molecular weight is 426 g/mol. The Labute approximate surface area is 176 Å². The van der Waals surface area contributed by atoms with Gasteiger partial charge in [-0.1, -0.05) is 43.0 Å². The van der Waals surface area contributed by atoms with Gasteiger partial charge >= 0.3 is 0 Å². The average Bonchev–Trinajstić information content (AvgIpc) is 3.20. The van der Waals surface area contributed by atoms with Gasteiger partial charge in [0.2, 0.25) is 0 Å². The predicted molar refractivity (Wildman–Crippen MR) is 114 cm³/mol. The molecule has 0 fully saturated rings. The molecule has 3 rings (SSSR count). The first-order valence-electron chi connectivity index (χ1n) is 9.33. The molecule has 1 aromatic heterocycles. The quantitative estimate of drug-likeness (QED) is 0.483. The minimum absolute atomic E-state index is 0.0305. The molecule has 0 bridgehead atoms. The molecular formula is C23H23NO5S. The van der Waals surface area contributed by atoms with Gasteiger partial charge in [0.25, 0.3) is 5.91 Å². The van der Waals surface area contributed by atoms with Gasteiger partial charge in [0, 0.05) is 19.2 Å². The first kappa shape index (κ1) is 21.4. The van der Waals surface area contributed by atoms with Crippen LogP contribution >= 0.6 is 0 Å². The second kappa shape index (κ2) is 9.45. The van der Waals surface area contributed by atoms with Crippen LogP contribution in [0.2, 0.25) is 0 Å². The number of hydrogen-bond acceptors (Lipinski definition) is 5. The summed E-state index contributed by atoms with van der Waals surface area (Å²) in [6.07, 6.45) is 3.00. The molecule has 0 aliphatic rings. The van der Waals surface area contributed by atoms with Crippen LogP contribution in [0.25, 0.3) is 0 Å². The summed E-state index contributed by atoms with van der Waals surface area (Å²) in [5.74, 6) is 0.0536. The van der Waals surface area contributed by atoms with E-state index in [1.54, 1.807) is 31.3 Å². The number of carbonyl (C=O) groups excluding carboxylic acids is 1. The molecule has 0 aliphatic heterocycles. The van der Waals surface area contributed by atoms with Crippen molar-refractivity contribution in [2.75, 3.05) is 13.7 Å². The molecule has 1 heterocycles. The highest BCUT2D eigenvalue weighted by molar-refractivity contribution is 7.90. The van der Waals surface area contributed by atoms with E-state index in [0.29, 0.717) is 24.5 Å². The van der Waals surface area contributed by atoms with Crippen LogP contribution in [0.1, 0.15) is 21.7 Å². The number of hydrogen-bond donors (Lipinski definition) is 0. The summed E-state index contributed by atoms with van der Waals surface area (Å²) in [5.41, 5.74) is 1.24. The molecule has 0 N–H and O–H groups in total. The molecule has 156 valence electrons. The maximum atomic E-state index is 12.9. The van der Waals surface area contributed by atoms with Crippen LogP contribution in [0, 0.1) is 0 Å². The zero-order valence-corrected chi connectivity index (χ0v) is 17.5. The van der Waals surface area contributed by atoms with Crippen molar-refractivity contribution in [3.8, 4) is 5.75 Å². The second-order valence-corrected chi connectivity index (χ2v) is 8.74. The van der Waals surface area contributed by atoms with Gasteiger partial charge in [-0.15, -0.1) is 0 Å². The molecule has 0 radical (unpaired) electrons. The van der Waals surface area contributed by atoms with Crippen LogP contribution in [0.15, 0.2) is 88.9 Å². The van der Waals surface area contributed by atoms with Crippen LogP contribution in [0.4, 0.5) is 0 Å². The fourth-order valence-electron chi connectivity index (χ4n) is 2.92. The summed E-state index contributed by atoms with van der Waals surface area (Å²) in [4.78, 5) is 14.6. The highest BCUT2D eigenvalue weighted by Crippen LogP contribution is 2.22. The number of furan rings is 1. The molecular weight excluding hydrogens is 402 g/mol. The van der Waals surface area contributed by atoms with Crippen molar-refractivity contribution in [1.82, 2.24) is 4.90 Å². The molecule has 30 heavy (non-hydrogen) atoms. The van der Waals surface area contributed by atoms with E-state index < -0.39 is 9.84 Å². The SMILES string of the molecule is C=CCOc1ccc(CN(C)C(=O)c2occc2CS(=O)(=O)c2ccccc2)cc1. The van der Waals surface area contributed by atoms with Crippen LogP contribution in [0.3, 0.4) is 0 Å². The number of rotatable bonds is 9. The van der Waals surface area contributed by atoms with Gasteiger partial charge in [-0.3, -0.25) is 4.79 Å². The van der Waals surface area contributed by atoms with Gasteiger partial charge in [0.1, 0.15) is 12.4 Å². The fraction of sp³-hybridized carbons (Fsp3) is 0.174. The van der Waals surface area contributed by atoms with Crippen molar-refractivity contribution in [3.05, 3.63) is 96.5 Å². The van der Waals surface area contributed by atoms with Gasteiger partial charge in [0.15, 0.2) is 15.6 Å². The Hall–Kier alpha value is -3.32. The predicted octanol–water partition coefficient (Wildman–Crippen LogP) is 4.09. The molecule has 3 aromatic rings. The number of carbonyl (C=O) groups is 1. The van der Waals surface area contributed by atoms with E-state index >= 15 is 0 Å². The lowest BCUT2D eigenvalue weighted by molar-refractivity contribution is 0.0752. The van der Waals surface area contributed by atoms with Gasteiger partial charge in [0.05, 0.1) is 16.9 Å². The zero-order chi connectivity index (χ0) is 21.6. The molecule has 2 aromatic carbocycles. The maximum Gasteiger partial charge on any atom is 0.289 e. The Morgan fingerprint density at radius 2 is 1.80 bits per heavy atom. The van der Waals surface area contributed by atoms with Gasteiger partial charge < -0.3 is 14.1 Å². The van der Waals surface area contributed by atoms with Crippen molar-refractivity contribution >= 4 is 15.7 Å². The lowest BCUT2D eigenvalue weighted by Crippen LogP contribution is -2.27. The number of ether oxygens (including phenoxy) is 1. The first-order chi connectivity index (χ1) is 14.4. The summed E-state index contributed by atoms with van der Waals surface area (Å²) in [6.45, 7) is 4.37. The molecule has 7 heteroatoms. The lowest BCUT2D eigenvalue weighted by Gasteiger charge is -2.17. The number of benzene rings is 2. The lowest BCUT2D eigenvalue weighted by atomic mass is 10.2. The summed E-state index contributed by atoms with van der Waals surface area (Å²) >= 11 is 0. The second-order valence-electron chi connectivity index (χ2n) is 6.75. The molecule has 1 amide bonds. The minimum atomic E-state index is -3.59. The topological polar surface area (TPSA) is 76.8 Å². The van der Waals surface area contributed by atoms with E-state index in [-0.39, 0.29) is 22.3 Å². The standard InChI is InChI=1S/C23H23NO5S/c1-3-14-28-20-11-9-18(10-12-20)16-24(2)23(25)22-19(13-15-29-22)17-30(26,27)21-7-5-4-6-8-21/h3-13,15H,1,14,16-17H2,2H3. The third kappa shape index (κ3) is 5.18. The van der Waals surface area contributed by atoms with E-state index in [0.717, 1.165) is 5.56 Å². The van der Waals surface area contributed by atoms with E-state index in [2.05, 4.69) is 6.58 Å². The summed E-state index contributed by atoms with van der Waals surface area (Å²) in [5, 5.41) is 0. The van der Waals surface area contributed by atoms with Crippen LogP contribution < -0.4 is 4.74 Å². The van der Waals surface area contributed by atoms with Crippen molar-refractivity contribution in [2.45, 2.75) is 17.2 Å². The molecule has 6 nitrogen and oxygen atoms in total. The van der Waals surface area contributed by atoms with Gasteiger partial charge in [-0.2, -0.15) is 0 Å². The molecule has 0 unspecified atom stereocenters. The van der Waals surface area contributed by atoms with Gasteiger partial charge in [-0.05, 0) is 35.9 Å². The van der Waals surface area contributed by atoms with E-state index in [1.807, 2.05) is 24.3 Å². The Balaban J connectivity index is 1.70. The van der Waals surface area contributed by atoms with Crippen molar-refractivity contribution in [3.63, 3.8) is 0 Å². The van der Waals surface area contributed by atoms with Crippen molar-refractivity contribution in [1.29, 1.82) is 0 Å². The first-order valence-corrected chi connectivity index (χ1v) is 11.0. The summed E-state index contributed by atoms with van der Waals surface area (Å²) < 4.78 is 36.1. The number of amides is 1. The van der Waals surface area contributed by atoms with Crippen LogP contribution in [0.5, 0.6) is 5.75 Å². The zero-order valence-electron chi connectivity index (χ0n) is 16.7. The molecule has 0 spiro atoms. The normalized spacial score (nSPS) is 11.1. The Kier molecular flexibility index (Phi) is 6.74. The Morgan fingerprint density at radius 3 is 2.47 bits per heavy atom. The fourth-order valence-corrected chi connectivity index (χ4v) is 4.29. The highest BCUT2D eigenvalue weighted by atomic mass is 32.2. The molecule has 0 aliphatic carbocycles. The monoisotopic (exact) mass is 425 g/mol. The summed E-state index contributed by atoms with van der Waals surface area (Å²) in [6, 6.07) is 17.0. The van der Waals surface area contributed by atoms with E-state index in [9.17, 15) is 13.2 Å². The molecule has 0 saturated carbocycles. The highest BCUT2D eigenvalue weighted by Gasteiger charge is 2.24. The maximum absolute atomic E-state index is 12.9. The van der Waals surface area contributed by atoms with E-state index in [4.69, 9.17) is 9.15 Å². The van der Waals surface area contributed by atoms with E-state index in [1.165, 1.54) is 29.4 Å².